The van der Waals surface area contributed by atoms with E-state index in [0.29, 0.717) is 0 Å². The van der Waals surface area contributed by atoms with Crippen molar-refractivity contribution in [1.82, 2.24) is 4.90 Å². The van der Waals surface area contributed by atoms with Crippen molar-refractivity contribution in [3.8, 4) is 0 Å². The van der Waals surface area contributed by atoms with Crippen LogP contribution in [0.25, 0.3) is 0 Å². The third kappa shape index (κ3) is 3.03. The molecule has 0 aliphatic heterocycles. The Kier molecular flexibility index (Phi) is 2.99. The molecular weight excluding hydrogens is 178 g/mol. The molecule has 74 valence electrons. The van der Waals surface area contributed by atoms with Gasteiger partial charge in [0.1, 0.15) is 0 Å². The Balaban J connectivity index is 1.77. The van der Waals surface area contributed by atoms with Gasteiger partial charge in [-0.25, -0.2) is 0 Å². The maximum Gasteiger partial charge on any atom is 0.0201 e. The van der Waals surface area contributed by atoms with Crippen molar-refractivity contribution in [2.75, 3.05) is 18.8 Å². The molecule has 0 heterocycles. The molecule has 0 saturated heterocycles. The van der Waals surface area contributed by atoms with Crippen LogP contribution in [-0.2, 0) is 0 Å². The zero-order valence-electron chi connectivity index (χ0n) is 8.21. The molecule has 0 atom stereocenters. The first-order valence-corrected chi connectivity index (χ1v) is 5.94. The van der Waals surface area contributed by atoms with Gasteiger partial charge in [-0.2, -0.15) is 12.6 Å². The normalized spacial score (nSPS) is 22.3. The molecule has 2 rings (SSSR count). The fourth-order valence-corrected chi connectivity index (χ4v) is 1.85. The summed E-state index contributed by atoms with van der Waals surface area (Å²) in [6, 6.07) is 0.886. The summed E-state index contributed by atoms with van der Waals surface area (Å²) in [6.07, 6.45) is 5.73. The van der Waals surface area contributed by atoms with Gasteiger partial charge in [-0.05, 0) is 31.6 Å². The summed E-state index contributed by atoms with van der Waals surface area (Å²) in [4.78, 5) is 2.62. The molecule has 13 heavy (non-hydrogen) atoms. The minimum atomic E-state index is 0.841. The molecule has 1 nitrogen and oxygen atoms in total. The largest absolute Gasteiger partial charge is 0.296 e. The lowest BCUT2D eigenvalue weighted by molar-refractivity contribution is 0.274. The van der Waals surface area contributed by atoms with Crippen LogP contribution in [0.4, 0.5) is 0 Å². The summed E-state index contributed by atoms with van der Waals surface area (Å²) >= 11 is 4.26. The standard InChI is InChI=1S/C11H19NS/c1-9(8-13)6-12(11-4-5-11)7-10-2-3-10/h10-11,13H,1-8H2. The predicted molar refractivity (Wildman–Crippen MR) is 60.3 cm³/mol. The third-order valence-electron chi connectivity index (χ3n) is 2.90. The van der Waals surface area contributed by atoms with Crippen molar-refractivity contribution in [2.24, 2.45) is 5.92 Å². The number of nitrogens with zero attached hydrogens (tertiary/aromatic N) is 1. The summed E-state index contributed by atoms with van der Waals surface area (Å²) in [5.74, 6) is 1.85. The Labute approximate surface area is 86.6 Å². The van der Waals surface area contributed by atoms with E-state index in [9.17, 15) is 0 Å². The number of thiol groups is 1. The van der Waals surface area contributed by atoms with Crippen molar-refractivity contribution >= 4 is 12.6 Å². The van der Waals surface area contributed by atoms with Crippen LogP contribution < -0.4 is 0 Å². The van der Waals surface area contributed by atoms with Crippen molar-refractivity contribution in [2.45, 2.75) is 31.7 Å². The van der Waals surface area contributed by atoms with E-state index in [1.807, 2.05) is 0 Å². The third-order valence-corrected chi connectivity index (χ3v) is 3.35. The Morgan fingerprint density at radius 3 is 2.46 bits per heavy atom. The Morgan fingerprint density at radius 1 is 1.31 bits per heavy atom. The lowest BCUT2D eigenvalue weighted by Crippen LogP contribution is -2.30. The maximum absolute atomic E-state index is 4.26. The maximum atomic E-state index is 4.26. The van der Waals surface area contributed by atoms with Crippen molar-refractivity contribution in [3.05, 3.63) is 12.2 Å². The Bertz CT molecular complexity index is 194. The zero-order chi connectivity index (χ0) is 9.26. The van der Waals surface area contributed by atoms with Crippen molar-refractivity contribution in [3.63, 3.8) is 0 Å². The summed E-state index contributed by atoms with van der Waals surface area (Å²) in [5.41, 5.74) is 1.27. The highest BCUT2D eigenvalue weighted by atomic mass is 32.1. The predicted octanol–water partition coefficient (Wildman–Crippen LogP) is 2.35. The fourth-order valence-electron chi connectivity index (χ4n) is 1.75. The van der Waals surface area contributed by atoms with Crippen LogP contribution in [0.5, 0.6) is 0 Å². The van der Waals surface area contributed by atoms with E-state index in [1.54, 1.807) is 0 Å². The van der Waals surface area contributed by atoms with E-state index in [1.165, 1.54) is 37.8 Å². The first-order chi connectivity index (χ1) is 6.29. The van der Waals surface area contributed by atoms with Crippen LogP contribution in [0.1, 0.15) is 25.7 Å². The van der Waals surface area contributed by atoms with Crippen LogP contribution in [-0.4, -0.2) is 29.8 Å². The molecular formula is C11H19NS. The van der Waals surface area contributed by atoms with E-state index in [0.717, 1.165) is 24.3 Å². The average molecular weight is 197 g/mol. The lowest BCUT2D eigenvalue weighted by Gasteiger charge is -2.22. The Hall–Kier alpha value is 0.0500. The van der Waals surface area contributed by atoms with Gasteiger partial charge in [0.05, 0.1) is 0 Å². The summed E-state index contributed by atoms with van der Waals surface area (Å²) < 4.78 is 0. The first kappa shape index (κ1) is 9.60. The smallest absolute Gasteiger partial charge is 0.0201 e. The molecule has 2 saturated carbocycles. The molecule has 0 aromatic carbocycles. The fraction of sp³-hybridized carbons (Fsp3) is 0.818. The van der Waals surface area contributed by atoms with E-state index in [-0.39, 0.29) is 0 Å². The van der Waals surface area contributed by atoms with Gasteiger partial charge < -0.3 is 0 Å². The van der Waals surface area contributed by atoms with Crippen molar-refractivity contribution in [1.29, 1.82) is 0 Å². The van der Waals surface area contributed by atoms with Crippen LogP contribution >= 0.6 is 12.6 Å². The number of rotatable bonds is 6. The van der Waals surface area contributed by atoms with Gasteiger partial charge in [0.2, 0.25) is 0 Å². The molecule has 0 bridgehead atoms. The molecule has 0 radical (unpaired) electrons. The molecule has 2 fully saturated rings. The van der Waals surface area contributed by atoms with Gasteiger partial charge in [0.15, 0.2) is 0 Å². The van der Waals surface area contributed by atoms with Gasteiger partial charge in [0.25, 0.3) is 0 Å². The monoisotopic (exact) mass is 197 g/mol. The van der Waals surface area contributed by atoms with Gasteiger partial charge in [-0.15, -0.1) is 0 Å². The lowest BCUT2D eigenvalue weighted by atomic mass is 10.2. The molecule has 0 unspecified atom stereocenters. The summed E-state index contributed by atoms with van der Waals surface area (Å²) in [7, 11) is 0. The first-order valence-electron chi connectivity index (χ1n) is 5.31. The molecule has 2 aliphatic carbocycles. The number of hydrogen-bond acceptors (Lipinski definition) is 2. The van der Waals surface area contributed by atoms with E-state index in [4.69, 9.17) is 0 Å². The molecule has 0 N–H and O–H groups in total. The average Bonchev–Trinajstić information content (AvgIpc) is 2.96. The zero-order valence-corrected chi connectivity index (χ0v) is 9.10. The highest BCUT2D eigenvalue weighted by Gasteiger charge is 2.33. The minimum absolute atomic E-state index is 0.841. The van der Waals surface area contributed by atoms with Gasteiger partial charge in [-0.3, -0.25) is 4.90 Å². The van der Waals surface area contributed by atoms with E-state index < -0.39 is 0 Å². The van der Waals surface area contributed by atoms with Crippen LogP contribution in [0.15, 0.2) is 12.2 Å². The molecule has 0 amide bonds. The van der Waals surface area contributed by atoms with Crippen LogP contribution in [0.2, 0.25) is 0 Å². The quantitative estimate of drug-likeness (QED) is 0.505. The van der Waals surface area contributed by atoms with Crippen LogP contribution in [0.3, 0.4) is 0 Å². The molecule has 0 aromatic heterocycles. The number of hydrogen-bond donors (Lipinski definition) is 1. The highest BCUT2D eigenvalue weighted by molar-refractivity contribution is 7.80. The molecule has 2 aliphatic rings. The molecule has 0 spiro atoms. The molecule has 0 aromatic rings. The van der Waals surface area contributed by atoms with Gasteiger partial charge >= 0.3 is 0 Å². The minimum Gasteiger partial charge on any atom is -0.296 e. The second-order valence-corrected chi connectivity index (χ2v) is 4.83. The van der Waals surface area contributed by atoms with Crippen LogP contribution in [0, 0.1) is 5.92 Å². The summed E-state index contributed by atoms with van der Waals surface area (Å²) in [5, 5.41) is 0. The van der Waals surface area contributed by atoms with Crippen molar-refractivity contribution < 1.29 is 0 Å². The SMILES string of the molecule is C=C(CS)CN(CC1CC1)C1CC1. The molecule has 2 heteroatoms. The van der Waals surface area contributed by atoms with E-state index in [2.05, 4.69) is 24.1 Å². The summed E-state index contributed by atoms with van der Waals surface area (Å²) in [6.45, 7) is 6.44. The second-order valence-electron chi connectivity index (χ2n) is 4.51. The van der Waals surface area contributed by atoms with Gasteiger partial charge in [-0.1, -0.05) is 12.2 Å². The van der Waals surface area contributed by atoms with Gasteiger partial charge in [0, 0.05) is 24.9 Å². The second kappa shape index (κ2) is 4.05. The topological polar surface area (TPSA) is 3.24 Å². The Morgan fingerprint density at radius 2 is 2.00 bits per heavy atom. The van der Waals surface area contributed by atoms with E-state index >= 15 is 0 Å². The highest BCUT2D eigenvalue weighted by Crippen LogP contribution is 2.35.